The van der Waals surface area contributed by atoms with E-state index in [0.29, 0.717) is 35.2 Å². The van der Waals surface area contributed by atoms with Crippen LogP contribution in [0.4, 0.5) is 5.69 Å². The molecule has 3 N–H and O–H groups in total. The van der Waals surface area contributed by atoms with Gasteiger partial charge in [-0.2, -0.15) is 0 Å². The topological polar surface area (TPSA) is 73.5 Å². The van der Waals surface area contributed by atoms with Crippen LogP contribution in [0.15, 0.2) is 24.3 Å². The molecule has 0 spiro atoms. The van der Waals surface area contributed by atoms with E-state index in [0.717, 1.165) is 19.4 Å². The smallest absolute Gasteiger partial charge is 0.271 e. The van der Waals surface area contributed by atoms with Gasteiger partial charge in [-0.05, 0) is 43.1 Å². The summed E-state index contributed by atoms with van der Waals surface area (Å²) in [4.78, 5) is 26.2. The average Bonchev–Trinajstić information content (AvgIpc) is 3.10. The van der Waals surface area contributed by atoms with Gasteiger partial charge in [-0.3, -0.25) is 20.4 Å². The summed E-state index contributed by atoms with van der Waals surface area (Å²) in [5, 5.41) is 3.52. The summed E-state index contributed by atoms with van der Waals surface area (Å²) in [5.74, 6) is 0.261. The molecule has 0 unspecified atom stereocenters. The van der Waals surface area contributed by atoms with E-state index in [4.69, 9.17) is 12.2 Å². The van der Waals surface area contributed by atoms with Gasteiger partial charge in [-0.25, -0.2) is 0 Å². The molecule has 1 aromatic rings. The lowest BCUT2D eigenvalue weighted by atomic mass is 10.0. The molecule has 1 aliphatic heterocycles. The van der Waals surface area contributed by atoms with Crippen LogP contribution in [-0.4, -0.2) is 30.0 Å². The van der Waals surface area contributed by atoms with Crippen LogP contribution in [0.1, 0.15) is 62.7 Å². The molecule has 1 aliphatic rings. The molecular weight excluding hydrogens is 360 g/mol. The molecule has 1 atom stereocenters. The Kier molecular flexibility index (Phi) is 8.51. The Morgan fingerprint density at radius 3 is 2.74 bits per heavy atom. The van der Waals surface area contributed by atoms with Gasteiger partial charge in [0.2, 0.25) is 5.91 Å². The lowest BCUT2D eigenvalue weighted by Gasteiger charge is -2.20. The lowest BCUT2D eigenvalue weighted by molar-refractivity contribution is -0.117. The van der Waals surface area contributed by atoms with Crippen molar-refractivity contribution in [2.75, 3.05) is 18.0 Å². The van der Waals surface area contributed by atoms with Crippen LogP contribution >= 0.6 is 12.2 Å². The molecule has 2 amide bonds. The van der Waals surface area contributed by atoms with Crippen molar-refractivity contribution in [2.24, 2.45) is 5.92 Å². The number of nitrogens with zero attached hydrogens (tertiary/aromatic N) is 1. The Hall–Kier alpha value is -2.15. The number of hydrogen-bond donors (Lipinski definition) is 3. The number of para-hydroxylation sites is 1. The first-order valence-electron chi connectivity index (χ1n) is 9.76. The van der Waals surface area contributed by atoms with Gasteiger partial charge in [-0.1, -0.05) is 45.2 Å². The minimum atomic E-state index is -0.314. The Morgan fingerprint density at radius 2 is 2.04 bits per heavy atom. The van der Waals surface area contributed by atoms with E-state index in [2.05, 4.69) is 30.0 Å². The van der Waals surface area contributed by atoms with Gasteiger partial charge in [0.05, 0.1) is 11.3 Å². The maximum atomic E-state index is 12.5. The van der Waals surface area contributed by atoms with Gasteiger partial charge in [0.1, 0.15) is 0 Å². The van der Waals surface area contributed by atoms with Crippen LogP contribution < -0.4 is 21.1 Å². The molecule has 1 aromatic carbocycles. The fourth-order valence-electron chi connectivity index (χ4n) is 3.14. The lowest BCUT2D eigenvalue weighted by Crippen LogP contribution is -2.47. The van der Waals surface area contributed by atoms with Crippen molar-refractivity contribution in [3.63, 3.8) is 0 Å². The highest BCUT2D eigenvalue weighted by molar-refractivity contribution is 7.80. The molecule has 6 nitrogen and oxygen atoms in total. The monoisotopic (exact) mass is 390 g/mol. The number of hydrogen-bond acceptors (Lipinski definition) is 3. The minimum absolute atomic E-state index is 0.0532. The maximum Gasteiger partial charge on any atom is 0.271 e. The SMILES string of the molecule is CCCCC[C@H](C)CNC(=S)NNC(=O)c1ccccc1N1CCCC1=O. The number of anilines is 1. The van der Waals surface area contributed by atoms with Gasteiger partial charge in [0.25, 0.3) is 5.91 Å². The zero-order valence-corrected chi connectivity index (χ0v) is 17.0. The third-order valence-corrected chi connectivity index (χ3v) is 4.96. The number of hydrazine groups is 1. The summed E-state index contributed by atoms with van der Waals surface area (Å²) in [6.45, 7) is 5.80. The molecule has 2 rings (SSSR count). The Labute approximate surface area is 167 Å². The second-order valence-electron chi connectivity index (χ2n) is 7.06. The van der Waals surface area contributed by atoms with E-state index in [9.17, 15) is 9.59 Å². The van der Waals surface area contributed by atoms with Crippen molar-refractivity contribution in [3.8, 4) is 0 Å². The molecule has 1 heterocycles. The molecule has 0 bridgehead atoms. The maximum absolute atomic E-state index is 12.5. The van der Waals surface area contributed by atoms with Crippen LogP contribution in [0, 0.1) is 5.92 Å². The molecule has 0 aliphatic carbocycles. The quantitative estimate of drug-likeness (QED) is 0.361. The third-order valence-electron chi connectivity index (χ3n) is 4.71. The van der Waals surface area contributed by atoms with Crippen LogP contribution in [0.25, 0.3) is 0 Å². The predicted molar refractivity (Wildman–Crippen MR) is 113 cm³/mol. The number of carbonyl (C=O) groups is 2. The summed E-state index contributed by atoms with van der Waals surface area (Å²) in [6, 6.07) is 7.13. The molecule has 1 saturated heterocycles. The van der Waals surface area contributed by atoms with E-state index in [1.165, 1.54) is 19.3 Å². The van der Waals surface area contributed by atoms with Crippen molar-refractivity contribution in [3.05, 3.63) is 29.8 Å². The van der Waals surface area contributed by atoms with E-state index in [1.54, 1.807) is 23.1 Å². The highest BCUT2D eigenvalue weighted by Crippen LogP contribution is 2.25. The Bertz CT molecular complexity index is 665. The van der Waals surface area contributed by atoms with Crippen molar-refractivity contribution in [1.29, 1.82) is 0 Å². The number of amides is 2. The number of carbonyl (C=O) groups excluding carboxylic acids is 2. The third kappa shape index (κ3) is 6.50. The van der Waals surface area contributed by atoms with Gasteiger partial charge in [-0.15, -0.1) is 0 Å². The normalized spacial score (nSPS) is 14.7. The summed E-state index contributed by atoms with van der Waals surface area (Å²) in [6.07, 6.45) is 6.20. The number of unbranched alkanes of at least 4 members (excludes halogenated alkanes) is 2. The van der Waals surface area contributed by atoms with Gasteiger partial charge in [0.15, 0.2) is 5.11 Å². The molecule has 7 heteroatoms. The molecule has 1 fully saturated rings. The molecule has 0 aromatic heterocycles. The van der Waals surface area contributed by atoms with Gasteiger partial charge >= 0.3 is 0 Å². The fourth-order valence-corrected chi connectivity index (χ4v) is 3.28. The van der Waals surface area contributed by atoms with E-state index in [-0.39, 0.29) is 11.8 Å². The first-order valence-corrected chi connectivity index (χ1v) is 10.2. The van der Waals surface area contributed by atoms with Crippen LogP contribution in [-0.2, 0) is 4.79 Å². The number of nitrogens with one attached hydrogen (secondary N) is 3. The summed E-state index contributed by atoms with van der Waals surface area (Å²) >= 11 is 5.23. The number of rotatable bonds is 8. The van der Waals surface area contributed by atoms with Crippen LogP contribution in [0.5, 0.6) is 0 Å². The first kappa shape index (κ1) is 21.2. The second kappa shape index (κ2) is 10.9. The minimum Gasteiger partial charge on any atom is -0.361 e. The van der Waals surface area contributed by atoms with E-state index >= 15 is 0 Å². The summed E-state index contributed by atoms with van der Waals surface area (Å²) in [7, 11) is 0. The van der Waals surface area contributed by atoms with Crippen LogP contribution in [0.2, 0.25) is 0 Å². The second-order valence-corrected chi connectivity index (χ2v) is 7.46. The molecule has 27 heavy (non-hydrogen) atoms. The van der Waals surface area contributed by atoms with Gasteiger partial charge < -0.3 is 10.2 Å². The largest absolute Gasteiger partial charge is 0.361 e. The molecule has 0 saturated carbocycles. The van der Waals surface area contributed by atoms with Crippen molar-refractivity contribution < 1.29 is 9.59 Å². The van der Waals surface area contributed by atoms with Crippen molar-refractivity contribution in [2.45, 2.75) is 52.4 Å². The first-order chi connectivity index (χ1) is 13.0. The molecule has 0 radical (unpaired) electrons. The van der Waals surface area contributed by atoms with Gasteiger partial charge in [0, 0.05) is 19.5 Å². The molecular formula is C20H30N4O2S. The fraction of sp³-hybridized carbons (Fsp3) is 0.550. The number of benzene rings is 1. The predicted octanol–water partition coefficient (Wildman–Crippen LogP) is 3.14. The van der Waals surface area contributed by atoms with E-state index < -0.39 is 0 Å². The van der Waals surface area contributed by atoms with Crippen molar-refractivity contribution >= 4 is 34.8 Å². The van der Waals surface area contributed by atoms with Crippen molar-refractivity contribution in [1.82, 2.24) is 16.2 Å². The summed E-state index contributed by atoms with van der Waals surface area (Å²) < 4.78 is 0. The highest BCUT2D eigenvalue weighted by atomic mass is 32.1. The standard InChI is InChI=1S/C20H30N4O2S/c1-3-4-5-9-15(2)14-21-20(27)23-22-19(26)16-10-6-7-11-17(16)24-13-8-12-18(24)25/h6-7,10-11,15H,3-5,8-9,12-14H2,1-2H3,(H,22,26)(H2,21,23,27)/t15-/m0/s1. The molecule has 148 valence electrons. The number of thiocarbonyl (C=S) groups is 1. The Balaban J connectivity index is 1.82. The Morgan fingerprint density at radius 1 is 1.26 bits per heavy atom. The summed E-state index contributed by atoms with van der Waals surface area (Å²) in [5.41, 5.74) is 6.47. The van der Waals surface area contributed by atoms with Crippen LogP contribution in [0.3, 0.4) is 0 Å². The zero-order chi connectivity index (χ0) is 19.6. The highest BCUT2D eigenvalue weighted by Gasteiger charge is 2.25. The van der Waals surface area contributed by atoms with E-state index in [1.807, 2.05) is 6.07 Å². The zero-order valence-electron chi connectivity index (χ0n) is 16.2. The average molecular weight is 391 g/mol.